The number of H-pyrrole nitrogens is 1. The standard InChI is InChI=1S/C10H9F3N4O/c11-10(12,13)18-8-4-2-1-3-6(8)9(14)7-5-15-17-16-7/h1-5,9H,14H2,(H,15,16,17). The number of para-hydroxylation sites is 1. The van der Waals surface area contributed by atoms with Crippen LogP contribution in [0.5, 0.6) is 5.75 Å². The Labute approximate surface area is 99.8 Å². The molecule has 1 aromatic carbocycles. The van der Waals surface area contributed by atoms with Crippen LogP contribution < -0.4 is 10.5 Å². The van der Waals surface area contributed by atoms with Gasteiger partial charge >= 0.3 is 6.36 Å². The van der Waals surface area contributed by atoms with Crippen molar-refractivity contribution in [3.05, 3.63) is 41.7 Å². The molecule has 5 nitrogen and oxygen atoms in total. The number of rotatable bonds is 3. The summed E-state index contributed by atoms with van der Waals surface area (Å²) in [5.41, 5.74) is 6.32. The number of nitrogens with two attached hydrogens (primary N) is 1. The van der Waals surface area contributed by atoms with Crippen LogP contribution in [0.25, 0.3) is 0 Å². The molecule has 8 heteroatoms. The Hall–Kier alpha value is -2.09. The van der Waals surface area contributed by atoms with Crippen molar-refractivity contribution in [2.75, 3.05) is 0 Å². The molecular formula is C10H9F3N4O. The molecule has 0 bridgehead atoms. The number of alkyl halides is 3. The van der Waals surface area contributed by atoms with Gasteiger partial charge in [0.05, 0.1) is 12.2 Å². The zero-order valence-electron chi connectivity index (χ0n) is 8.98. The zero-order valence-corrected chi connectivity index (χ0v) is 8.98. The van der Waals surface area contributed by atoms with E-state index in [1.54, 1.807) is 6.07 Å². The minimum Gasteiger partial charge on any atom is -0.405 e. The van der Waals surface area contributed by atoms with Crippen molar-refractivity contribution >= 4 is 0 Å². The predicted molar refractivity (Wildman–Crippen MR) is 55.5 cm³/mol. The van der Waals surface area contributed by atoms with Crippen molar-refractivity contribution in [3.63, 3.8) is 0 Å². The Morgan fingerprint density at radius 2 is 2.00 bits per heavy atom. The molecule has 1 aromatic heterocycles. The second-order valence-electron chi connectivity index (χ2n) is 3.46. The average Bonchev–Trinajstić information content (AvgIpc) is 2.80. The monoisotopic (exact) mass is 258 g/mol. The van der Waals surface area contributed by atoms with E-state index in [-0.39, 0.29) is 11.3 Å². The minimum absolute atomic E-state index is 0.184. The maximum absolute atomic E-state index is 12.2. The molecule has 0 fully saturated rings. The summed E-state index contributed by atoms with van der Waals surface area (Å²) in [4.78, 5) is 0. The lowest BCUT2D eigenvalue weighted by Crippen LogP contribution is -2.20. The lowest BCUT2D eigenvalue weighted by atomic mass is 10.0. The molecule has 0 saturated heterocycles. The topological polar surface area (TPSA) is 76.8 Å². The summed E-state index contributed by atoms with van der Waals surface area (Å²) in [6.45, 7) is 0. The van der Waals surface area contributed by atoms with Gasteiger partial charge < -0.3 is 10.5 Å². The number of hydrogen-bond acceptors (Lipinski definition) is 4. The molecule has 1 unspecified atom stereocenters. The van der Waals surface area contributed by atoms with Crippen LogP contribution in [0.15, 0.2) is 30.5 Å². The Balaban J connectivity index is 2.33. The summed E-state index contributed by atoms with van der Waals surface area (Å²) in [6.07, 6.45) is -3.42. The third-order valence-corrected chi connectivity index (χ3v) is 2.23. The first kappa shape index (κ1) is 12.4. The van der Waals surface area contributed by atoms with E-state index in [0.29, 0.717) is 5.69 Å². The van der Waals surface area contributed by atoms with Gasteiger partial charge in [0.15, 0.2) is 0 Å². The van der Waals surface area contributed by atoms with Gasteiger partial charge in [0.2, 0.25) is 0 Å². The molecule has 0 radical (unpaired) electrons. The van der Waals surface area contributed by atoms with E-state index in [1.807, 2.05) is 0 Å². The first-order valence-corrected chi connectivity index (χ1v) is 4.93. The number of aromatic amines is 1. The molecule has 0 spiro atoms. The fourth-order valence-corrected chi connectivity index (χ4v) is 1.47. The number of nitrogens with zero attached hydrogens (tertiary/aromatic N) is 2. The van der Waals surface area contributed by atoms with E-state index >= 15 is 0 Å². The van der Waals surface area contributed by atoms with Gasteiger partial charge in [-0.15, -0.1) is 13.2 Å². The van der Waals surface area contributed by atoms with Crippen molar-refractivity contribution in [2.24, 2.45) is 5.73 Å². The third kappa shape index (κ3) is 2.77. The van der Waals surface area contributed by atoms with Crippen LogP contribution >= 0.6 is 0 Å². The van der Waals surface area contributed by atoms with Gasteiger partial charge in [0.1, 0.15) is 11.4 Å². The van der Waals surface area contributed by atoms with Crippen molar-refractivity contribution in [1.82, 2.24) is 15.4 Å². The van der Waals surface area contributed by atoms with Crippen molar-refractivity contribution in [3.8, 4) is 5.75 Å². The summed E-state index contributed by atoms with van der Waals surface area (Å²) in [5, 5.41) is 9.63. The van der Waals surface area contributed by atoms with Gasteiger partial charge in [0, 0.05) is 5.56 Å². The van der Waals surface area contributed by atoms with E-state index in [4.69, 9.17) is 5.73 Å². The molecule has 0 aliphatic heterocycles. The summed E-state index contributed by atoms with van der Waals surface area (Å²) >= 11 is 0. The highest BCUT2D eigenvalue weighted by Gasteiger charge is 2.32. The number of halogens is 3. The molecule has 18 heavy (non-hydrogen) atoms. The second kappa shape index (κ2) is 4.65. The fourth-order valence-electron chi connectivity index (χ4n) is 1.47. The number of ether oxygens (including phenoxy) is 1. The summed E-state index contributed by atoms with van der Waals surface area (Å²) < 4.78 is 40.6. The quantitative estimate of drug-likeness (QED) is 0.879. The maximum Gasteiger partial charge on any atom is 0.573 e. The SMILES string of the molecule is NC(c1cn[nH]n1)c1ccccc1OC(F)(F)F. The summed E-state index contributed by atoms with van der Waals surface area (Å²) in [5.74, 6) is -0.347. The van der Waals surface area contributed by atoms with E-state index < -0.39 is 12.4 Å². The van der Waals surface area contributed by atoms with Gasteiger partial charge in [-0.25, -0.2) is 0 Å². The molecular weight excluding hydrogens is 249 g/mol. The molecule has 1 atom stereocenters. The predicted octanol–water partition coefficient (Wildman–Crippen LogP) is 1.75. The highest BCUT2D eigenvalue weighted by Crippen LogP contribution is 2.31. The first-order chi connectivity index (χ1) is 8.47. The number of nitrogens with one attached hydrogen (secondary N) is 1. The van der Waals surface area contributed by atoms with Gasteiger partial charge in [-0.1, -0.05) is 18.2 Å². The molecule has 1 heterocycles. The molecule has 2 aromatic rings. The van der Waals surface area contributed by atoms with Crippen LogP contribution in [0, 0.1) is 0 Å². The van der Waals surface area contributed by atoms with Gasteiger partial charge in [-0.05, 0) is 6.07 Å². The van der Waals surface area contributed by atoms with Crippen LogP contribution in [-0.4, -0.2) is 21.8 Å². The number of hydrogen-bond donors (Lipinski definition) is 2. The Kier molecular flexibility index (Phi) is 3.19. The maximum atomic E-state index is 12.2. The summed E-state index contributed by atoms with van der Waals surface area (Å²) in [7, 11) is 0. The highest BCUT2D eigenvalue weighted by molar-refractivity contribution is 5.39. The highest BCUT2D eigenvalue weighted by atomic mass is 19.4. The lowest BCUT2D eigenvalue weighted by molar-refractivity contribution is -0.274. The third-order valence-electron chi connectivity index (χ3n) is 2.23. The van der Waals surface area contributed by atoms with Crippen LogP contribution in [-0.2, 0) is 0 Å². The molecule has 0 aliphatic carbocycles. The summed E-state index contributed by atoms with van der Waals surface area (Å²) in [6, 6.07) is 4.80. The zero-order chi connectivity index (χ0) is 13.2. The molecule has 3 N–H and O–H groups in total. The molecule has 96 valence electrons. The number of aromatic nitrogens is 3. The first-order valence-electron chi connectivity index (χ1n) is 4.93. The van der Waals surface area contributed by atoms with Gasteiger partial charge in [-0.2, -0.15) is 15.4 Å². The molecule has 0 saturated carbocycles. The van der Waals surface area contributed by atoms with Crippen molar-refractivity contribution < 1.29 is 17.9 Å². The van der Waals surface area contributed by atoms with E-state index in [9.17, 15) is 13.2 Å². The van der Waals surface area contributed by atoms with Crippen molar-refractivity contribution in [2.45, 2.75) is 12.4 Å². The van der Waals surface area contributed by atoms with Crippen LogP contribution in [0.1, 0.15) is 17.3 Å². The van der Waals surface area contributed by atoms with E-state index in [1.165, 1.54) is 24.4 Å². The number of benzene rings is 1. The molecule has 0 aliphatic rings. The fraction of sp³-hybridized carbons (Fsp3) is 0.200. The van der Waals surface area contributed by atoms with Crippen LogP contribution in [0.3, 0.4) is 0 Å². The molecule has 0 amide bonds. The van der Waals surface area contributed by atoms with E-state index in [2.05, 4.69) is 20.1 Å². The Bertz CT molecular complexity index is 512. The van der Waals surface area contributed by atoms with Gasteiger partial charge in [-0.3, -0.25) is 0 Å². The smallest absolute Gasteiger partial charge is 0.405 e. The lowest BCUT2D eigenvalue weighted by Gasteiger charge is -2.16. The van der Waals surface area contributed by atoms with Crippen LogP contribution in [0.4, 0.5) is 13.2 Å². The van der Waals surface area contributed by atoms with E-state index in [0.717, 1.165) is 0 Å². The Morgan fingerprint density at radius 3 is 2.61 bits per heavy atom. The average molecular weight is 258 g/mol. The van der Waals surface area contributed by atoms with Gasteiger partial charge in [0.25, 0.3) is 0 Å². The van der Waals surface area contributed by atoms with Crippen molar-refractivity contribution in [1.29, 1.82) is 0 Å². The minimum atomic E-state index is -4.76. The van der Waals surface area contributed by atoms with Crippen LogP contribution in [0.2, 0.25) is 0 Å². The second-order valence-corrected chi connectivity index (χ2v) is 3.46. The molecule has 2 rings (SSSR count). The Morgan fingerprint density at radius 1 is 1.28 bits per heavy atom. The normalized spacial score (nSPS) is 13.3. The largest absolute Gasteiger partial charge is 0.573 e.